The molecule has 0 saturated heterocycles. The summed E-state index contributed by atoms with van der Waals surface area (Å²) in [6.07, 6.45) is 6.61. The average Bonchev–Trinajstić information content (AvgIpc) is 2.59. The molecule has 1 aromatic carbocycles. The molecule has 0 amide bonds. The third-order valence-electron chi connectivity index (χ3n) is 2.69. The number of unbranched alkanes of at least 4 members (excludes halogenated alkanes) is 1. The Labute approximate surface area is 146 Å². The van der Waals surface area contributed by atoms with Gasteiger partial charge in [-0.25, -0.2) is 14.4 Å². The fraction of sp³-hybridized carbons (Fsp3) is 0.211. The lowest BCUT2D eigenvalue weighted by Gasteiger charge is -1.97. The van der Waals surface area contributed by atoms with Gasteiger partial charge in [0.05, 0.1) is 12.2 Å². The first-order valence-electron chi connectivity index (χ1n) is 7.61. The molecule has 0 aliphatic heterocycles. The number of carboxylic acids is 2. The van der Waals surface area contributed by atoms with E-state index in [0.29, 0.717) is 12.7 Å². The summed E-state index contributed by atoms with van der Waals surface area (Å²) in [5, 5.41) is 17.2. The maximum absolute atomic E-state index is 10.7. The van der Waals surface area contributed by atoms with Crippen molar-refractivity contribution in [2.75, 3.05) is 6.61 Å². The number of esters is 1. The number of benzene rings is 1. The predicted octanol–water partition coefficient (Wildman–Crippen LogP) is 3.31. The molecule has 25 heavy (non-hydrogen) atoms. The zero-order chi connectivity index (χ0) is 19.1. The summed E-state index contributed by atoms with van der Waals surface area (Å²) < 4.78 is 4.67. The van der Waals surface area contributed by atoms with Gasteiger partial charge in [0.15, 0.2) is 0 Å². The van der Waals surface area contributed by atoms with E-state index in [0.717, 1.165) is 18.4 Å². The number of rotatable bonds is 8. The van der Waals surface area contributed by atoms with E-state index < -0.39 is 11.9 Å². The fourth-order valence-corrected chi connectivity index (χ4v) is 1.44. The second-order valence-electron chi connectivity index (χ2n) is 4.71. The highest BCUT2D eigenvalue weighted by Crippen LogP contribution is 2.05. The van der Waals surface area contributed by atoms with E-state index in [1.54, 1.807) is 30.3 Å². The van der Waals surface area contributed by atoms with E-state index in [-0.39, 0.29) is 11.5 Å². The zero-order valence-electron chi connectivity index (χ0n) is 14.1. The van der Waals surface area contributed by atoms with Crippen LogP contribution in [0.25, 0.3) is 6.08 Å². The maximum Gasteiger partial charge on any atom is 0.335 e. The summed E-state index contributed by atoms with van der Waals surface area (Å²) in [5.74, 6) is -2.88. The van der Waals surface area contributed by atoms with Crippen molar-refractivity contribution in [3.63, 3.8) is 0 Å². The van der Waals surface area contributed by atoms with Crippen LogP contribution in [0.1, 0.15) is 25.3 Å². The van der Waals surface area contributed by atoms with E-state index in [4.69, 9.17) is 10.2 Å². The molecule has 0 aromatic heterocycles. The summed E-state index contributed by atoms with van der Waals surface area (Å²) in [4.78, 5) is 31.4. The number of ether oxygens (including phenoxy) is 1. The highest BCUT2D eigenvalue weighted by atomic mass is 16.5. The van der Waals surface area contributed by atoms with Crippen LogP contribution in [0.15, 0.2) is 60.7 Å². The Bertz CT molecular complexity index is 629. The number of carbonyl (C=O) groups is 3. The van der Waals surface area contributed by atoms with Crippen LogP contribution in [0, 0.1) is 0 Å². The van der Waals surface area contributed by atoms with Crippen molar-refractivity contribution in [3.05, 3.63) is 66.3 Å². The van der Waals surface area contributed by atoms with Gasteiger partial charge in [0.1, 0.15) is 0 Å². The van der Waals surface area contributed by atoms with Crippen LogP contribution in [-0.4, -0.2) is 34.7 Å². The van der Waals surface area contributed by atoms with Gasteiger partial charge in [0, 0.05) is 12.2 Å². The van der Waals surface area contributed by atoms with Gasteiger partial charge >= 0.3 is 17.9 Å². The molecule has 134 valence electrons. The molecule has 0 spiro atoms. The number of hydrogen-bond donors (Lipinski definition) is 2. The van der Waals surface area contributed by atoms with E-state index in [1.807, 2.05) is 13.0 Å². The standard InChI is InChI=1S/C12H10O4.C7H12O2/c13-11(14)8-10(12(15)16)7-6-9-4-2-1-3-5-9;1-3-5-6-9-7(8)4-2/h1-8H,(H,13,14)(H,15,16);4H,2-3,5-6H2,1H3/b7-6?,10-8-;. The lowest BCUT2D eigenvalue weighted by molar-refractivity contribution is -0.138. The Morgan fingerprint density at radius 2 is 1.80 bits per heavy atom. The van der Waals surface area contributed by atoms with E-state index in [1.165, 1.54) is 12.2 Å². The second kappa shape index (κ2) is 13.3. The van der Waals surface area contributed by atoms with Crippen LogP contribution in [0.5, 0.6) is 0 Å². The van der Waals surface area contributed by atoms with Gasteiger partial charge in [-0.3, -0.25) is 0 Å². The third kappa shape index (κ3) is 12.0. The summed E-state index contributed by atoms with van der Waals surface area (Å²) in [6.45, 7) is 5.82. The topological polar surface area (TPSA) is 101 Å². The van der Waals surface area contributed by atoms with Crippen molar-refractivity contribution in [2.45, 2.75) is 19.8 Å². The Balaban J connectivity index is 0.000000547. The molecular formula is C19H22O6. The average molecular weight is 346 g/mol. The zero-order valence-corrected chi connectivity index (χ0v) is 14.1. The highest BCUT2D eigenvalue weighted by molar-refractivity contribution is 5.97. The smallest absolute Gasteiger partial charge is 0.335 e. The van der Waals surface area contributed by atoms with E-state index in [9.17, 15) is 14.4 Å². The van der Waals surface area contributed by atoms with Crippen LogP contribution in [0.2, 0.25) is 0 Å². The lowest BCUT2D eigenvalue weighted by atomic mass is 10.1. The fourth-order valence-electron chi connectivity index (χ4n) is 1.44. The summed E-state index contributed by atoms with van der Waals surface area (Å²) in [6, 6.07) is 9.03. The van der Waals surface area contributed by atoms with Gasteiger partial charge in [-0.15, -0.1) is 0 Å². The number of aliphatic carboxylic acids is 2. The molecular weight excluding hydrogens is 324 g/mol. The normalized spacial score (nSPS) is 10.5. The summed E-state index contributed by atoms with van der Waals surface area (Å²) in [5.41, 5.74) is 0.538. The first-order chi connectivity index (χ1) is 11.9. The number of hydrogen-bond acceptors (Lipinski definition) is 4. The summed E-state index contributed by atoms with van der Waals surface area (Å²) >= 11 is 0. The Hall–Kier alpha value is -3.15. The van der Waals surface area contributed by atoms with Crippen LogP contribution in [-0.2, 0) is 19.1 Å². The van der Waals surface area contributed by atoms with E-state index >= 15 is 0 Å². The Morgan fingerprint density at radius 1 is 1.16 bits per heavy atom. The minimum Gasteiger partial charge on any atom is -0.478 e. The van der Waals surface area contributed by atoms with Gasteiger partial charge in [-0.1, -0.05) is 56.3 Å². The van der Waals surface area contributed by atoms with Crippen molar-refractivity contribution in [3.8, 4) is 0 Å². The van der Waals surface area contributed by atoms with Gasteiger partial charge < -0.3 is 14.9 Å². The van der Waals surface area contributed by atoms with Crippen molar-refractivity contribution in [1.82, 2.24) is 0 Å². The van der Waals surface area contributed by atoms with Crippen LogP contribution in [0.3, 0.4) is 0 Å². The molecule has 0 fully saturated rings. The van der Waals surface area contributed by atoms with Crippen molar-refractivity contribution >= 4 is 24.0 Å². The minimum absolute atomic E-state index is 0.267. The second-order valence-corrected chi connectivity index (χ2v) is 4.71. The molecule has 0 unspecified atom stereocenters. The molecule has 0 bridgehead atoms. The van der Waals surface area contributed by atoms with Crippen molar-refractivity contribution < 1.29 is 29.3 Å². The molecule has 0 atom stereocenters. The molecule has 0 aliphatic rings. The molecule has 0 radical (unpaired) electrons. The van der Waals surface area contributed by atoms with Crippen LogP contribution < -0.4 is 0 Å². The van der Waals surface area contributed by atoms with Crippen LogP contribution in [0.4, 0.5) is 0 Å². The van der Waals surface area contributed by atoms with E-state index in [2.05, 4.69) is 11.3 Å². The molecule has 6 heteroatoms. The number of carbonyl (C=O) groups excluding carboxylic acids is 1. The predicted molar refractivity (Wildman–Crippen MR) is 94.9 cm³/mol. The molecule has 0 aliphatic carbocycles. The quantitative estimate of drug-likeness (QED) is 0.324. The molecule has 1 rings (SSSR count). The van der Waals surface area contributed by atoms with Crippen molar-refractivity contribution in [2.24, 2.45) is 0 Å². The number of carboxylic acid groups (broad SMARTS) is 2. The molecule has 2 N–H and O–H groups in total. The largest absolute Gasteiger partial charge is 0.478 e. The first kappa shape index (κ1) is 21.9. The van der Waals surface area contributed by atoms with Gasteiger partial charge in [-0.05, 0) is 18.1 Å². The van der Waals surface area contributed by atoms with Gasteiger partial charge in [-0.2, -0.15) is 0 Å². The first-order valence-corrected chi connectivity index (χ1v) is 7.61. The lowest BCUT2D eigenvalue weighted by Crippen LogP contribution is -2.01. The van der Waals surface area contributed by atoms with Gasteiger partial charge in [0.2, 0.25) is 0 Å². The maximum atomic E-state index is 10.7. The molecule has 0 saturated carbocycles. The molecule has 1 aromatic rings. The van der Waals surface area contributed by atoms with Crippen molar-refractivity contribution in [1.29, 1.82) is 0 Å². The van der Waals surface area contributed by atoms with Gasteiger partial charge in [0.25, 0.3) is 0 Å². The van der Waals surface area contributed by atoms with Crippen LogP contribution >= 0.6 is 0 Å². The molecule has 0 heterocycles. The SMILES string of the molecule is C=CC(=O)OCCCC.O=C(O)/C=C(/C=Cc1ccccc1)C(=O)O. The third-order valence-corrected chi connectivity index (χ3v) is 2.69. The summed E-state index contributed by atoms with van der Waals surface area (Å²) in [7, 11) is 0. The Morgan fingerprint density at radius 3 is 2.28 bits per heavy atom. The highest BCUT2D eigenvalue weighted by Gasteiger charge is 2.05. The Kier molecular flexibility index (Phi) is 11.6. The minimum atomic E-state index is -1.28. The molecule has 6 nitrogen and oxygen atoms in total. The monoisotopic (exact) mass is 346 g/mol.